The predicted octanol–water partition coefficient (Wildman–Crippen LogP) is 3.16. The minimum atomic E-state index is -0.0500. The number of fused-ring (bicyclic) bond motifs is 1. The van der Waals surface area contributed by atoms with Crippen LogP contribution in [0.2, 0.25) is 0 Å². The van der Waals surface area contributed by atoms with E-state index >= 15 is 0 Å². The zero-order valence-electron chi connectivity index (χ0n) is 13.9. The molecule has 1 aromatic carbocycles. The van der Waals surface area contributed by atoms with Crippen molar-refractivity contribution in [2.24, 2.45) is 11.8 Å². The number of urea groups is 1. The second-order valence-electron chi connectivity index (χ2n) is 7.21. The van der Waals surface area contributed by atoms with Crippen LogP contribution in [0.15, 0.2) is 24.3 Å². The molecule has 2 atom stereocenters. The molecule has 1 saturated carbocycles. The van der Waals surface area contributed by atoms with Gasteiger partial charge in [0.15, 0.2) is 0 Å². The Kier molecular flexibility index (Phi) is 5.21. The van der Waals surface area contributed by atoms with Crippen molar-refractivity contribution in [3.8, 4) is 0 Å². The lowest BCUT2D eigenvalue weighted by Gasteiger charge is -2.33. The van der Waals surface area contributed by atoms with Gasteiger partial charge in [-0.15, -0.1) is 0 Å². The van der Waals surface area contributed by atoms with E-state index in [2.05, 4.69) is 41.8 Å². The van der Waals surface area contributed by atoms with E-state index < -0.39 is 0 Å². The average Bonchev–Trinajstić information content (AvgIpc) is 2.58. The van der Waals surface area contributed by atoms with Gasteiger partial charge in [0, 0.05) is 12.6 Å². The van der Waals surface area contributed by atoms with Crippen LogP contribution in [0.3, 0.4) is 0 Å². The number of benzene rings is 1. The molecule has 4 heteroatoms. The molecule has 2 unspecified atom stereocenters. The molecule has 126 valence electrons. The molecule has 0 radical (unpaired) electrons. The highest BCUT2D eigenvalue weighted by molar-refractivity contribution is 5.75. The highest BCUT2D eigenvalue weighted by atomic mass is 16.3. The number of rotatable bonds is 3. The summed E-state index contributed by atoms with van der Waals surface area (Å²) in [5, 5.41) is 15.5. The first-order valence-electron chi connectivity index (χ1n) is 8.93. The first-order valence-corrected chi connectivity index (χ1v) is 8.93. The maximum absolute atomic E-state index is 12.4. The van der Waals surface area contributed by atoms with Crippen LogP contribution in [0.25, 0.3) is 0 Å². The summed E-state index contributed by atoms with van der Waals surface area (Å²) in [6, 6.07) is 8.74. The number of nitrogens with one attached hydrogen (secondary N) is 2. The van der Waals surface area contributed by atoms with Gasteiger partial charge in [0.25, 0.3) is 0 Å². The Labute approximate surface area is 138 Å². The van der Waals surface area contributed by atoms with Crippen LogP contribution in [-0.2, 0) is 6.42 Å². The van der Waals surface area contributed by atoms with E-state index in [9.17, 15) is 9.90 Å². The van der Waals surface area contributed by atoms with Crippen LogP contribution in [0.1, 0.15) is 56.2 Å². The Bertz CT molecular complexity index is 538. The van der Waals surface area contributed by atoms with Crippen molar-refractivity contribution in [3.05, 3.63) is 35.4 Å². The summed E-state index contributed by atoms with van der Waals surface area (Å²) < 4.78 is 0. The van der Waals surface area contributed by atoms with Gasteiger partial charge >= 0.3 is 6.03 Å². The van der Waals surface area contributed by atoms with Crippen LogP contribution in [0, 0.1) is 11.8 Å². The summed E-state index contributed by atoms with van der Waals surface area (Å²) in [6.45, 7) is 2.49. The van der Waals surface area contributed by atoms with Gasteiger partial charge in [-0.3, -0.25) is 0 Å². The summed E-state index contributed by atoms with van der Waals surface area (Å²) in [4.78, 5) is 12.4. The number of carbonyl (C=O) groups excluding carboxylic acids is 1. The summed E-state index contributed by atoms with van der Waals surface area (Å²) in [5.41, 5.74) is 2.63. The number of amides is 2. The van der Waals surface area contributed by atoms with Crippen LogP contribution in [0.5, 0.6) is 0 Å². The Morgan fingerprint density at radius 2 is 1.87 bits per heavy atom. The maximum atomic E-state index is 12.4. The van der Waals surface area contributed by atoms with E-state index in [0.29, 0.717) is 11.8 Å². The normalized spacial score (nSPS) is 30.3. The quantitative estimate of drug-likeness (QED) is 0.802. The number of aryl methyl sites for hydroxylation is 1. The zero-order valence-corrected chi connectivity index (χ0v) is 13.9. The van der Waals surface area contributed by atoms with Crippen LogP contribution >= 0.6 is 0 Å². The van der Waals surface area contributed by atoms with Crippen molar-refractivity contribution >= 4 is 6.03 Å². The van der Waals surface area contributed by atoms with E-state index in [1.54, 1.807) is 0 Å². The molecule has 0 heterocycles. The molecule has 3 N–H and O–H groups in total. The first kappa shape index (κ1) is 16.3. The highest BCUT2D eigenvalue weighted by Crippen LogP contribution is 2.34. The molecule has 1 aromatic rings. The molecule has 1 fully saturated rings. The van der Waals surface area contributed by atoms with E-state index in [-0.39, 0.29) is 24.7 Å². The van der Waals surface area contributed by atoms with Crippen molar-refractivity contribution < 1.29 is 9.90 Å². The molecular formula is C19H28N2O2. The van der Waals surface area contributed by atoms with Crippen molar-refractivity contribution in [2.45, 2.75) is 57.5 Å². The van der Waals surface area contributed by atoms with E-state index in [1.807, 2.05) is 0 Å². The molecular weight excluding hydrogens is 288 g/mol. The third-order valence-electron chi connectivity index (χ3n) is 5.55. The second kappa shape index (κ2) is 7.35. The van der Waals surface area contributed by atoms with E-state index in [4.69, 9.17) is 0 Å². The third kappa shape index (κ3) is 3.86. The molecule has 0 aromatic heterocycles. The number of aliphatic hydroxyl groups is 1. The van der Waals surface area contributed by atoms with Gasteiger partial charge in [0.1, 0.15) is 0 Å². The lowest BCUT2D eigenvalue weighted by molar-refractivity contribution is 0.173. The molecule has 2 aliphatic rings. The standard InChI is InChI=1S/C19H28N2O2/c1-13-6-9-15-4-2-3-5-17(15)18(13)21-19(23)20-16-10-7-14(12-22)8-11-16/h2-5,13-14,16,18,22H,6-12H2,1H3,(H2,20,21,23). The molecule has 0 spiro atoms. The fourth-order valence-corrected chi connectivity index (χ4v) is 4.00. The minimum absolute atomic E-state index is 0.0500. The topological polar surface area (TPSA) is 61.4 Å². The Balaban J connectivity index is 1.58. The summed E-state index contributed by atoms with van der Waals surface area (Å²) in [6.07, 6.45) is 6.16. The molecule has 4 nitrogen and oxygen atoms in total. The first-order chi connectivity index (χ1) is 11.2. The van der Waals surface area contributed by atoms with Gasteiger partial charge < -0.3 is 15.7 Å². The van der Waals surface area contributed by atoms with Gasteiger partial charge in [-0.25, -0.2) is 4.79 Å². The maximum Gasteiger partial charge on any atom is 0.315 e. The van der Waals surface area contributed by atoms with Crippen molar-refractivity contribution in [2.75, 3.05) is 6.61 Å². The SMILES string of the molecule is CC1CCc2ccccc2C1NC(=O)NC1CCC(CO)CC1. The number of carbonyl (C=O) groups is 1. The lowest BCUT2D eigenvalue weighted by Crippen LogP contribution is -2.46. The zero-order chi connectivity index (χ0) is 16.2. The van der Waals surface area contributed by atoms with Crippen LogP contribution in [0.4, 0.5) is 4.79 Å². The molecule has 23 heavy (non-hydrogen) atoms. The minimum Gasteiger partial charge on any atom is -0.396 e. The molecule has 0 bridgehead atoms. The molecule has 0 saturated heterocycles. The predicted molar refractivity (Wildman–Crippen MR) is 91.2 cm³/mol. The van der Waals surface area contributed by atoms with E-state index in [1.165, 1.54) is 11.1 Å². The fourth-order valence-electron chi connectivity index (χ4n) is 4.00. The smallest absolute Gasteiger partial charge is 0.315 e. The number of aliphatic hydroxyl groups excluding tert-OH is 1. The molecule has 3 rings (SSSR count). The molecule has 2 aliphatic carbocycles. The molecule has 2 amide bonds. The summed E-state index contributed by atoms with van der Waals surface area (Å²) in [5.74, 6) is 0.877. The Hall–Kier alpha value is -1.55. The number of hydrogen-bond acceptors (Lipinski definition) is 2. The van der Waals surface area contributed by atoms with Crippen LogP contribution in [-0.4, -0.2) is 23.8 Å². The molecule has 0 aliphatic heterocycles. The largest absolute Gasteiger partial charge is 0.396 e. The third-order valence-corrected chi connectivity index (χ3v) is 5.55. The lowest BCUT2D eigenvalue weighted by atomic mass is 9.81. The van der Waals surface area contributed by atoms with Gasteiger partial charge in [0.2, 0.25) is 0 Å². The van der Waals surface area contributed by atoms with Crippen molar-refractivity contribution in [1.82, 2.24) is 10.6 Å². The fraction of sp³-hybridized carbons (Fsp3) is 0.632. The van der Waals surface area contributed by atoms with Gasteiger partial charge in [-0.1, -0.05) is 31.2 Å². The van der Waals surface area contributed by atoms with Crippen LogP contribution < -0.4 is 10.6 Å². The Morgan fingerprint density at radius 3 is 2.61 bits per heavy atom. The summed E-state index contributed by atoms with van der Waals surface area (Å²) >= 11 is 0. The van der Waals surface area contributed by atoms with Gasteiger partial charge in [-0.05, 0) is 61.5 Å². The Morgan fingerprint density at radius 1 is 1.13 bits per heavy atom. The second-order valence-corrected chi connectivity index (χ2v) is 7.21. The summed E-state index contributed by atoms with van der Waals surface area (Å²) in [7, 11) is 0. The van der Waals surface area contributed by atoms with Crippen molar-refractivity contribution in [3.63, 3.8) is 0 Å². The van der Waals surface area contributed by atoms with Gasteiger partial charge in [-0.2, -0.15) is 0 Å². The average molecular weight is 316 g/mol. The van der Waals surface area contributed by atoms with Gasteiger partial charge in [0.05, 0.1) is 6.04 Å². The monoisotopic (exact) mass is 316 g/mol. The highest BCUT2D eigenvalue weighted by Gasteiger charge is 2.28. The van der Waals surface area contributed by atoms with Crippen molar-refractivity contribution in [1.29, 1.82) is 0 Å². The number of hydrogen-bond donors (Lipinski definition) is 3. The van der Waals surface area contributed by atoms with E-state index in [0.717, 1.165) is 38.5 Å².